The monoisotopic (exact) mass is 208 g/mol. The van der Waals surface area contributed by atoms with E-state index >= 15 is 0 Å². The molecule has 3 aliphatic rings. The molecule has 3 fully saturated rings. The number of likely N-dealkylation sites (tertiary alicyclic amines) is 1. The van der Waals surface area contributed by atoms with Crippen LogP contribution in [0.15, 0.2) is 0 Å². The van der Waals surface area contributed by atoms with Crippen molar-refractivity contribution in [1.29, 1.82) is 0 Å². The maximum atomic E-state index is 3.75. The van der Waals surface area contributed by atoms with E-state index in [1.165, 1.54) is 64.6 Å². The second-order valence-electron chi connectivity index (χ2n) is 5.61. The van der Waals surface area contributed by atoms with E-state index in [2.05, 4.69) is 10.2 Å². The molecule has 2 nitrogen and oxygen atoms in total. The van der Waals surface area contributed by atoms with Crippen molar-refractivity contribution in [2.24, 2.45) is 5.92 Å². The van der Waals surface area contributed by atoms with Gasteiger partial charge in [-0.15, -0.1) is 0 Å². The van der Waals surface area contributed by atoms with Crippen molar-refractivity contribution in [3.05, 3.63) is 0 Å². The summed E-state index contributed by atoms with van der Waals surface area (Å²) < 4.78 is 0. The Kier molecular flexibility index (Phi) is 2.98. The molecule has 0 unspecified atom stereocenters. The zero-order chi connectivity index (χ0) is 10.1. The highest BCUT2D eigenvalue weighted by atomic mass is 15.2. The molecule has 0 spiro atoms. The molecular weight excluding hydrogens is 184 g/mol. The Hall–Kier alpha value is -0.0800. The molecule has 0 aromatic rings. The third-order valence-electron chi connectivity index (χ3n) is 4.76. The molecule has 1 aliphatic carbocycles. The summed E-state index contributed by atoms with van der Waals surface area (Å²) in [4.78, 5) is 2.80. The Balaban J connectivity index is 1.69. The van der Waals surface area contributed by atoms with Crippen LogP contribution in [0.2, 0.25) is 0 Å². The summed E-state index contributed by atoms with van der Waals surface area (Å²) in [7, 11) is 0. The summed E-state index contributed by atoms with van der Waals surface area (Å²) in [6.45, 7) is 4.04. The minimum Gasteiger partial charge on any atom is -0.314 e. The fraction of sp³-hybridized carbons (Fsp3) is 1.00. The van der Waals surface area contributed by atoms with Gasteiger partial charge in [0, 0.05) is 12.1 Å². The second-order valence-corrected chi connectivity index (χ2v) is 5.61. The summed E-state index contributed by atoms with van der Waals surface area (Å²) in [5.41, 5.74) is 0. The van der Waals surface area contributed by atoms with Crippen LogP contribution in [-0.4, -0.2) is 36.6 Å². The van der Waals surface area contributed by atoms with Gasteiger partial charge in [-0.3, -0.25) is 0 Å². The SMILES string of the molecule is C1CN[C@H]2CCC[C@@H](N3CCCC3)[C@H]2C1. The van der Waals surface area contributed by atoms with Crippen molar-refractivity contribution in [2.75, 3.05) is 19.6 Å². The van der Waals surface area contributed by atoms with Gasteiger partial charge in [-0.25, -0.2) is 0 Å². The average Bonchev–Trinajstić information content (AvgIpc) is 2.82. The van der Waals surface area contributed by atoms with Crippen molar-refractivity contribution in [3.63, 3.8) is 0 Å². The number of piperidine rings is 1. The number of rotatable bonds is 1. The van der Waals surface area contributed by atoms with Crippen LogP contribution in [0.4, 0.5) is 0 Å². The first kappa shape index (κ1) is 10.1. The summed E-state index contributed by atoms with van der Waals surface area (Å²) >= 11 is 0. The van der Waals surface area contributed by atoms with E-state index in [9.17, 15) is 0 Å². The maximum absolute atomic E-state index is 3.75. The van der Waals surface area contributed by atoms with Gasteiger partial charge in [0.15, 0.2) is 0 Å². The van der Waals surface area contributed by atoms with Gasteiger partial charge < -0.3 is 10.2 Å². The molecular formula is C13H24N2. The molecule has 0 amide bonds. The van der Waals surface area contributed by atoms with Crippen LogP contribution < -0.4 is 5.32 Å². The lowest BCUT2D eigenvalue weighted by atomic mass is 9.75. The van der Waals surface area contributed by atoms with Gasteiger partial charge in [0.05, 0.1) is 0 Å². The minimum atomic E-state index is 0.859. The van der Waals surface area contributed by atoms with Crippen molar-refractivity contribution in [1.82, 2.24) is 10.2 Å². The Labute approximate surface area is 93.4 Å². The van der Waals surface area contributed by atoms with Crippen LogP contribution in [0.25, 0.3) is 0 Å². The fourth-order valence-electron chi connectivity index (χ4n) is 4.04. The Morgan fingerprint density at radius 1 is 0.867 bits per heavy atom. The van der Waals surface area contributed by atoms with Gasteiger partial charge in [-0.1, -0.05) is 6.42 Å². The summed E-state index contributed by atoms with van der Waals surface area (Å²) in [6, 6.07) is 1.79. The molecule has 0 aromatic carbocycles. The molecule has 2 aliphatic heterocycles. The largest absolute Gasteiger partial charge is 0.314 e. The molecule has 2 heterocycles. The van der Waals surface area contributed by atoms with Crippen molar-refractivity contribution >= 4 is 0 Å². The van der Waals surface area contributed by atoms with E-state index in [1.54, 1.807) is 0 Å². The van der Waals surface area contributed by atoms with Crippen molar-refractivity contribution in [2.45, 2.75) is 57.0 Å². The first-order valence-corrected chi connectivity index (χ1v) is 6.92. The molecule has 15 heavy (non-hydrogen) atoms. The first-order valence-electron chi connectivity index (χ1n) is 6.92. The molecule has 3 atom stereocenters. The van der Waals surface area contributed by atoms with Crippen LogP contribution in [0, 0.1) is 5.92 Å². The zero-order valence-electron chi connectivity index (χ0n) is 9.75. The molecule has 1 N–H and O–H groups in total. The van der Waals surface area contributed by atoms with Crippen LogP contribution >= 0.6 is 0 Å². The van der Waals surface area contributed by atoms with Gasteiger partial charge in [-0.2, -0.15) is 0 Å². The van der Waals surface area contributed by atoms with Crippen molar-refractivity contribution < 1.29 is 0 Å². The van der Waals surface area contributed by atoms with Crippen LogP contribution in [0.3, 0.4) is 0 Å². The third kappa shape index (κ3) is 1.94. The van der Waals surface area contributed by atoms with Crippen LogP contribution in [0.1, 0.15) is 44.9 Å². The zero-order valence-corrected chi connectivity index (χ0v) is 9.75. The van der Waals surface area contributed by atoms with E-state index in [1.807, 2.05) is 0 Å². The van der Waals surface area contributed by atoms with E-state index in [0.717, 1.165) is 18.0 Å². The van der Waals surface area contributed by atoms with E-state index in [-0.39, 0.29) is 0 Å². The Morgan fingerprint density at radius 2 is 1.73 bits per heavy atom. The molecule has 0 aromatic heterocycles. The second kappa shape index (κ2) is 4.42. The highest BCUT2D eigenvalue weighted by Crippen LogP contribution is 2.35. The standard InChI is InChI=1S/C13H24N2/c1-2-10-15(9-1)13-7-3-6-12-11(13)5-4-8-14-12/h11-14H,1-10H2/t11-,12-,13+/m0/s1. The van der Waals surface area contributed by atoms with Crippen LogP contribution in [-0.2, 0) is 0 Å². The van der Waals surface area contributed by atoms with Gasteiger partial charge in [0.1, 0.15) is 0 Å². The Bertz CT molecular complexity index is 209. The quantitative estimate of drug-likeness (QED) is 0.709. The lowest BCUT2D eigenvalue weighted by Crippen LogP contribution is -2.53. The molecule has 3 rings (SSSR count). The number of fused-ring (bicyclic) bond motifs is 1. The third-order valence-corrected chi connectivity index (χ3v) is 4.76. The minimum absolute atomic E-state index is 0.859. The number of hydrogen-bond donors (Lipinski definition) is 1. The van der Waals surface area contributed by atoms with Gasteiger partial charge in [-0.05, 0) is 64.1 Å². The highest BCUT2D eigenvalue weighted by molar-refractivity contribution is 4.95. The molecule has 0 bridgehead atoms. The molecule has 2 saturated heterocycles. The summed E-state index contributed by atoms with van der Waals surface area (Å²) in [5.74, 6) is 0.977. The predicted octanol–water partition coefficient (Wildman–Crippen LogP) is 2.00. The lowest BCUT2D eigenvalue weighted by molar-refractivity contribution is 0.0782. The first-order chi connectivity index (χ1) is 7.45. The normalized spacial score (nSPS) is 42.8. The smallest absolute Gasteiger partial charge is 0.0138 e. The lowest BCUT2D eigenvalue weighted by Gasteiger charge is -2.45. The number of hydrogen-bond acceptors (Lipinski definition) is 2. The van der Waals surface area contributed by atoms with Crippen molar-refractivity contribution in [3.8, 4) is 0 Å². The predicted molar refractivity (Wildman–Crippen MR) is 63.0 cm³/mol. The van der Waals surface area contributed by atoms with Crippen LogP contribution in [0.5, 0.6) is 0 Å². The summed E-state index contributed by atoms with van der Waals surface area (Å²) in [5, 5.41) is 3.75. The Morgan fingerprint density at radius 3 is 2.60 bits per heavy atom. The number of nitrogens with zero attached hydrogens (tertiary/aromatic N) is 1. The van der Waals surface area contributed by atoms with Gasteiger partial charge in [0.25, 0.3) is 0 Å². The van der Waals surface area contributed by atoms with E-state index in [0.29, 0.717) is 0 Å². The van der Waals surface area contributed by atoms with E-state index in [4.69, 9.17) is 0 Å². The molecule has 1 saturated carbocycles. The average molecular weight is 208 g/mol. The van der Waals surface area contributed by atoms with Gasteiger partial charge >= 0.3 is 0 Å². The number of nitrogens with one attached hydrogen (secondary N) is 1. The van der Waals surface area contributed by atoms with Gasteiger partial charge in [0.2, 0.25) is 0 Å². The molecule has 86 valence electrons. The molecule has 0 radical (unpaired) electrons. The molecule has 2 heteroatoms. The summed E-state index contributed by atoms with van der Waals surface area (Å²) in [6.07, 6.45) is 10.2. The fourth-order valence-corrected chi connectivity index (χ4v) is 4.04. The highest BCUT2D eigenvalue weighted by Gasteiger charge is 2.38. The topological polar surface area (TPSA) is 15.3 Å². The van der Waals surface area contributed by atoms with E-state index < -0.39 is 0 Å². The maximum Gasteiger partial charge on any atom is 0.0138 e.